The van der Waals surface area contributed by atoms with E-state index in [0.717, 1.165) is 38.1 Å². The summed E-state index contributed by atoms with van der Waals surface area (Å²) >= 11 is 2.89. The molecule has 0 bridgehead atoms. The highest BCUT2D eigenvalue weighted by Gasteiger charge is 2.36. The Hall–Kier alpha value is -4.28. The Balaban J connectivity index is 1.20. The maximum atomic E-state index is 13.0. The normalized spacial score (nSPS) is 15.8. The summed E-state index contributed by atoms with van der Waals surface area (Å²) in [6.45, 7) is 1.07. The first kappa shape index (κ1) is 26.0. The lowest BCUT2D eigenvalue weighted by atomic mass is 10.1. The zero-order chi connectivity index (χ0) is 27.5. The van der Waals surface area contributed by atoms with Crippen molar-refractivity contribution in [3.63, 3.8) is 0 Å². The minimum absolute atomic E-state index is 0.0254. The third-order valence-electron chi connectivity index (χ3n) is 6.42. The van der Waals surface area contributed by atoms with Gasteiger partial charge in [0, 0.05) is 28.4 Å². The molecule has 1 N–H and O–H groups in total. The molecule has 0 spiro atoms. The Kier molecular flexibility index (Phi) is 7.43. The number of hydrogen-bond acceptors (Lipinski definition) is 7. The topological polar surface area (TPSA) is 92.3 Å². The number of amidine groups is 2. The van der Waals surface area contributed by atoms with Crippen molar-refractivity contribution in [2.24, 2.45) is 10.1 Å². The molecular formula is C30H25N5O3S2. The first-order valence-electron chi connectivity index (χ1n) is 12.6. The first-order chi connectivity index (χ1) is 19.6. The van der Waals surface area contributed by atoms with Crippen LogP contribution in [0, 0.1) is 5.41 Å². The zero-order valence-electron chi connectivity index (χ0n) is 21.6. The highest BCUT2D eigenvalue weighted by Crippen LogP contribution is 2.34. The second-order valence-corrected chi connectivity index (χ2v) is 11.2. The van der Waals surface area contributed by atoms with Crippen molar-refractivity contribution in [3.8, 4) is 11.5 Å². The van der Waals surface area contributed by atoms with Crippen LogP contribution in [0.15, 0.2) is 101 Å². The number of rotatable bonds is 8. The number of amides is 1. The Morgan fingerprint density at radius 3 is 2.55 bits per heavy atom. The average Bonchev–Trinajstić information content (AvgIpc) is 3.56. The lowest BCUT2D eigenvalue weighted by Crippen LogP contribution is -2.35. The summed E-state index contributed by atoms with van der Waals surface area (Å²) in [6, 6.07) is 25.6. The highest BCUT2D eigenvalue weighted by molar-refractivity contribution is 8.45. The van der Waals surface area contributed by atoms with Gasteiger partial charge in [-0.1, -0.05) is 60.3 Å². The predicted octanol–water partition coefficient (Wildman–Crippen LogP) is 6.24. The second-order valence-electron chi connectivity index (χ2n) is 8.98. The molecule has 2 aliphatic heterocycles. The van der Waals surface area contributed by atoms with Crippen molar-refractivity contribution in [3.05, 3.63) is 102 Å². The largest absolute Gasteiger partial charge is 0.497 e. The number of para-hydroxylation sites is 1. The van der Waals surface area contributed by atoms with Crippen LogP contribution in [0.3, 0.4) is 0 Å². The van der Waals surface area contributed by atoms with Crippen molar-refractivity contribution in [2.45, 2.75) is 12.3 Å². The van der Waals surface area contributed by atoms with E-state index in [1.165, 1.54) is 22.3 Å². The van der Waals surface area contributed by atoms with E-state index in [-0.39, 0.29) is 11.4 Å². The number of benzene rings is 3. The van der Waals surface area contributed by atoms with Gasteiger partial charge in [-0.2, -0.15) is 10.0 Å². The lowest BCUT2D eigenvalue weighted by Gasteiger charge is -2.20. The van der Waals surface area contributed by atoms with Crippen LogP contribution in [-0.2, 0) is 17.1 Å². The molecule has 0 fully saturated rings. The number of carbonyl (C=O) groups is 1. The summed E-state index contributed by atoms with van der Waals surface area (Å²) < 4.78 is 14.0. The second kappa shape index (κ2) is 11.4. The predicted molar refractivity (Wildman–Crippen MR) is 163 cm³/mol. The number of methoxy groups -OCH3 is 1. The third kappa shape index (κ3) is 5.41. The molecule has 2 aliphatic rings. The molecule has 6 rings (SSSR count). The van der Waals surface area contributed by atoms with Crippen LogP contribution in [0.2, 0.25) is 0 Å². The van der Waals surface area contributed by atoms with Crippen LogP contribution in [-0.4, -0.2) is 44.6 Å². The standard InChI is InChI=1S/C30H25N5O3S2/c1-37-22-11-13-23(14-12-22)38-16-15-34-18-21(24-9-5-6-10-26(24)34)17-25-27(31)35-29(32-28(25)36)40-30(33-35)39-19-20-7-3-2-4-8-20/h2-14,17-18,31H,15-16,19H2,1H3/b25-17+,31-27?. The van der Waals surface area contributed by atoms with Crippen LogP contribution in [0.4, 0.5) is 0 Å². The number of ether oxygens (including phenoxy) is 2. The fourth-order valence-electron chi connectivity index (χ4n) is 4.42. The average molecular weight is 568 g/mol. The van der Waals surface area contributed by atoms with Gasteiger partial charge in [0.05, 0.1) is 19.2 Å². The Bertz CT molecular complexity index is 1680. The fraction of sp³-hybridized carbons (Fsp3) is 0.133. The lowest BCUT2D eigenvalue weighted by molar-refractivity contribution is -0.114. The van der Waals surface area contributed by atoms with E-state index in [4.69, 9.17) is 14.9 Å². The molecule has 0 unspecified atom stereocenters. The van der Waals surface area contributed by atoms with Gasteiger partial charge in [0.15, 0.2) is 10.2 Å². The van der Waals surface area contributed by atoms with Gasteiger partial charge in [-0.05, 0) is 53.7 Å². The van der Waals surface area contributed by atoms with Gasteiger partial charge in [-0.3, -0.25) is 10.2 Å². The number of hydrogen-bond donors (Lipinski definition) is 1. The van der Waals surface area contributed by atoms with Crippen molar-refractivity contribution < 1.29 is 14.3 Å². The van der Waals surface area contributed by atoms with E-state index >= 15 is 0 Å². The molecule has 3 heterocycles. The molecule has 4 aromatic rings. The van der Waals surface area contributed by atoms with Crippen LogP contribution >= 0.6 is 23.5 Å². The molecule has 10 heteroatoms. The van der Waals surface area contributed by atoms with Gasteiger partial charge in [-0.15, -0.1) is 5.10 Å². The van der Waals surface area contributed by atoms with Gasteiger partial charge in [-0.25, -0.2) is 0 Å². The number of nitrogens with zero attached hydrogens (tertiary/aromatic N) is 4. The van der Waals surface area contributed by atoms with E-state index < -0.39 is 5.91 Å². The van der Waals surface area contributed by atoms with Gasteiger partial charge >= 0.3 is 0 Å². The Labute approximate surface area is 239 Å². The quantitative estimate of drug-likeness (QED) is 0.254. The summed E-state index contributed by atoms with van der Waals surface area (Å²) in [5.41, 5.74) is 3.24. The molecule has 3 aromatic carbocycles. The maximum absolute atomic E-state index is 13.0. The van der Waals surface area contributed by atoms with E-state index in [1.807, 2.05) is 72.9 Å². The molecule has 200 valence electrons. The molecule has 0 aliphatic carbocycles. The Morgan fingerprint density at radius 2 is 1.75 bits per heavy atom. The summed E-state index contributed by atoms with van der Waals surface area (Å²) in [7, 11) is 1.63. The molecular weight excluding hydrogens is 542 g/mol. The summed E-state index contributed by atoms with van der Waals surface area (Å²) in [5.74, 6) is 1.88. The molecule has 0 atom stereocenters. The third-order valence-corrected chi connectivity index (χ3v) is 8.53. The Morgan fingerprint density at radius 1 is 1.00 bits per heavy atom. The summed E-state index contributed by atoms with van der Waals surface area (Å²) in [6.07, 6.45) is 3.72. The van der Waals surface area contributed by atoms with Crippen molar-refractivity contribution >= 4 is 61.8 Å². The maximum Gasteiger partial charge on any atom is 0.283 e. The van der Waals surface area contributed by atoms with Crippen molar-refractivity contribution in [2.75, 3.05) is 13.7 Å². The molecule has 0 saturated carbocycles. The summed E-state index contributed by atoms with van der Waals surface area (Å²) in [4.78, 5) is 17.3. The fourth-order valence-corrected chi connectivity index (χ4v) is 6.30. The van der Waals surface area contributed by atoms with Crippen LogP contribution in [0.1, 0.15) is 11.1 Å². The number of fused-ring (bicyclic) bond motifs is 2. The SMILES string of the molecule is COc1ccc(OCCn2cc(/C=C3\C(=N)N4N=C(SCc5ccccc5)SC4=NC3=O)c3ccccc32)cc1. The number of hydrazone groups is 1. The molecule has 40 heavy (non-hydrogen) atoms. The zero-order valence-corrected chi connectivity index (χ0v) is 23.2. The van der Waals surface area contributed by atoms with Crippen LogP contribution in [0.5, 0.6) is 11.5 Å². The van der Waals surface area contributed by atoms with Gasteiger partial charge in [0.25, 0.3) is 5.91 Å². The first-order valence-corrected chi connectivity index (χ1v) is 14.4. The smallest absolute Gasteiger partial charge is 0.283 e. The minimum atomic E-state index is -0.437. The van der Waals surface area contributed by atoms with E-state index in [0.29, 0.717) is 18.3 Å². The molecule has 8 nitrogen and oxygen atoms in total. The monoisotopic (exact) mass is 567 g/mol. The van der Waals surface area contributed by atoms with E-state index in [2.05, 4.69) is 26.8 Å². The molecule has 0 radical (unpaired) electrons. The molecule has 0 saturated heterocycles. The van der Waals surface area contributed by atoms with Gasteiger partial charge < -0.3 is 14.0 Å². The highest BCUT2D eigenvalue weighted by atomic mass is 32.2. The summed E-state index contributed by atoms with van der Waals surface area (Å²) in [5, 5.41) is 16.2. The number of nitrogens with one attached hydrogen (secondary N) is 1. The van der Waals surface area contributed by atoms with Crippen molar-refractivity contribution in [1.29, 1.82) is 5.41 Å². The van der Waals surface area contributed by atoms with Crippen molar-refractivity contribution in [1.82, 2.24) is 9.58 Å². The minimum Gasteiger partial charge on any atom is -0.497 e. The van der Waals surface area contributed by atoms with E-state index in [1.54, 1.807) is 24.9 Å². The number of aliphatic imine (C=N–C) groups is 1. The number of carbonyl (C=O) groups excluding carboxylic acids is 1. The number of thioether (sulfide) groups is 2. The van der Waals surface area contributed by atoms with E-state index in [9.17, 15) is 4.79 Å². The van der Waals surface area contributed by atoms with Crippen LogP contribution in [0.25, 0.3) is 17.0 Å². The molecule has 1 aromatic heterocycles. The van der Waals surface area contributed by atoms with Crippen LogP contribution < -0.4 is 9.47 Å². The molecule has 1 amide bonds. The van der Waals surface area contributed by atoms with Gasteiger partial charge in [0.2, 0.25) is 5.17 Å². The number of aromatic nitrogens is 1. The van der Waals surface area contributed by atoms with Gasteiger partial charge in [0.1, 0.15) is 18.1 Å².